The Morgan fingerprint density at radius 3 is 2.24 bits per heavy atom. The van der Waals surface area contributed by atoms with Crippen molar-refractivity contribution in [1.29, 1.82) is 0 Å². The second-order valence-corrected chi connectivity index (χ2v) is 6.92. The fourth-order valence-electron chi connectivity index (χ4n) is 2.38. The van der Waals surface area contributed by atoms with E-state index >= 15 is 0 Å². The molecule has 0 unspecified atom stereocenters. The molecular formula is C14H8ClF6N3S. The molecule has 1 aliphatic rings. The Morgan fingerprint density at radius 1 is 0.960 bits per heavy atom. The normalized spacial score (nSPS) is 15.6. The Kier molecular flexibility index (Phi) is 4.52. The van der Waals surface area contributed by atoms with E-state index in [9.17, 15) is 26.3 Å². The summed E-state index contributed by atoms with van der Waals surface area (Å²) in [7, 11) is 0. The van der Waals surface area contributed by atoms with Crippen molar-refractivity contribution in [3.05, 3.63) is 38.6 Å². The molecule has 3 nitrogen and oxygen atoms in total. The Morgan fingerprint density at radius 2 is 1.68 bits per heavy atom. The molecule has 25 heavy (non-hydrogen) atoms. The fourth-order valence-corrected chi connectivity index (χ4v) is 3.44. The van der Waals surface area contributed by atoms with Crippen LogP contribution < -0.4 is 0 Å². The summed E-state index contributed by atoms with van der Waals surface area (Å²) in [6.45, 7) is 0. The number of rotatable bonds is 1. The molecule has 0 radical (unpaired) electrons. The molecule has 1 aliphatic heterocycles. The van der Waals surface area contributed by atoms with Gasteiger partial charge in [0.1, 0.15) is 5.69 Å². The molecule has 0 N–H and O–H groups in total. The van der Waals surface area contributed by atoms with Crippen molar-refractivity contribution in [2.45, 2.75) is 31.6 Å². The lowest BCUT2D eigenvalue weighted by Crippen LogP contribution is -2.19. The lowest BCUT2D eigenvalue weighted by molar-refractivity contribution is -0.152. The van der Waals surface area contributed by atoms with Gasteiger partial charge in [0.05, 0.1) is 20.6 Å². The van der Waals surface area contributed by atoms with Crippen LogP contribution in [0, 0.1) is 0 Å². The van der Waals surface area contributed by atoms with Crippen LogP contribution in [0.25, 0.3) is 0 Å². The van der Waals surface area contributed by atoms with Gasteiger partial charge in [-0.2, -0.15) is 26.3 Å². The lowest BCUT2D eigenvalue weighted by atomic mass is 10.1. The minimum atomic E-state index is -5.08. The zero-order chi connectivity index (χ0) is 18.4. The topological polar surface area (TPSA) is 38.1 Å². The van der Waals surface area contributed by atoms with Gasteiger partial charge in [-0.15, -0.1) is 11.3 Å². The molecule has 3 heterocycles. The second kappa shape index (κ2) is 6.24. The average Bonchev–Trinajstić information content (AvgIpc) is 2.79. The number of hydrogen-bond acceptors (Lipinski definition) is 4. The van der Waals surface area contributed by atoms with Crippen LogP contribution in [0.1, 0.15) is 34.9 Å². The van der Waals surface area contributed by atoms with Gasteiger partial charge in [-0.05, 0) is 31.4 Å². The maximum atomic E-state index is 13.3. The highest BCUT2D eigenvalue weighted by Gasteiger charge is 2.43. The average molecular weight is 400 g/mol. The summed E-state index contributed by atoms with van der Waals surface area (Å²) in [6.07, 6.45) is -9.61. The maximum Gasteiger partial charge on any atom is 0.451 e. The summed E-state index contributed by atoms with van der Waals surface area (Å²) in [5.74, 6) is -1.81. The number of hydrogen-bond donors (Lipinski definition) is 0. The van der Waals surface area contributed by atoms with Crippen LogP contribution in [0.15, 0.2) is 17.1 Å². The Labute approximate surface area is 146 Å². The molecule has 0 atom stereocenters. The first kappa shape index (κ1) is 18.1. The van der Waals surface area contributed by atoms with E-state index in [1.54, 1.807) is 12.1 Å². The van der Waals surface area contributed by atoms with Crippen LogP contribution in [-0.4, -0.2) is 15.7 Å². The van der Waals surface area contributed by atoms with Crippen molar-refractivity contribution >= 4 is 34.3 Å². The first-order valence-electron chi connectivity index (χ1n) is 6.94. The second-order valence-electron chi connectivity index (χ2n) is 5.20. The van der Waals surface area contributed by atoms with Gasteiger partial charge in [0.15, 0.2) is 5.69 Å². The smallest absolute Gasteiger partial charge is 0.248 e. The van der Waals surface area contributed by atoms with Gasteiger partial charge < -0.3 is 0 Å². The summed E-state index contributed by atoms with van der Waals surface area (Å²) in [6, 6.07) is 3.18. The molecule has 0 bridgehead atoms. The first-order chi connectivity index (χ1) is 11.6. The van der Waals surface area contributed by atoms with Crippen molar-refractivity contribution in [3.63, 3.8) is 0 Å². The molecule has 2 aromatic heterocycles. The number of nitrogens with zero attached hydrogens (tertiary/aromatic N) is 3. The van der Waals surface area contributed by atoms with Gasteiger partial charge >= 0.3 is 12.4 Å². The van der Waals surface area contributed by atoms with E-state index in [-0.39, 0.29) is 12.1 Å². The van der Waals surface area contributed by atoms with Gasteiger partial charge in [0, 0.05) is 0 Å². The predicted molar refractivity (Wildman–Crippen MR) is 80.5 cm³/mol. The molecule has 0 aliphatic carbocycles. The predicted octanol–water partition coefficient (Wildman–Crippen LogP) is 5.69. The van der Waals surface area contributed by atoms with E-state index in [2.05, 4.69) is 15.0 Å². The number of alkyl halides is 6. The molecule has 2 aromatic rings. The van der Waals surface area contributed by atoms with E-state index < -0.39 is 29.6 Å². The molecule has 0 fully saturated rings. The molecule has 0 spiro atoms. The minimum absolute atomic E-state index is 0.0594. The van der Waals surface area contributed by atoms with E-state index in [0.29, 0.717) is 27.8 Å². The Balaban J connectivity index is 2.22. The SMILES string of the molecule is FC(F)(F)c1nc2c(c(C(F)(F)F)n1)N=C(c1ccc(Cl)s1)CCC2. The number of thiophene rings is 1. The van der Waals surface area contributed by atoms with Crippen LogP contribution in [0.4, 0.5) is 32.0 Å². The summed E-state index contributed by atoms with van der Waals surface area (Å²) >= 11 is 6.96. The van der Waals surface area contributed by atoms with Crippen LogP contribution in [0.5, 0.6) is 0 Å². The zero-order valence-electron chi connectivity index (χ0n) is 12.2. The van der Waals surface area contributed by atoms with Gasteiger partial charge in [-0.1, -0.05) is 11.6 Å². The van der Waals surface area contributed by atoms with Crippen LogP contribution in [-0.2, 0) is 18.8 Å². The molecule has 3 rings (SSSR count). The van der Waals surface area contributed by atoms with Crippen molar-refractivity contribution in [2.24, 2.45) is 4.99 Å². The third-order valence-corrected chi connectivity index (χ3v) is 4.69. The van der Waals surface area contributed by atoms with E-state index in [1.165, 1.54) is 0 Å². The molecule has 134 valence electrons. The van der Waals surface area contributed by atoms with Crippen molar-refractivity contribution in [3.8, 4) is 0 Å². The van der Waals surface area contributed by atoms with Gasteiger partial charge in [-0.3, -0.25) is 0 Å². The van der Waals surface area contributed by atoms with E-state index in [0.717, 1.165) is 11.3 Å². The molecule has 0 saturated carbocycles. The van der Waals surface area contributed by atoms with Crippen molar-refractivity contribution < 1.29 is 26.3 Å². The zero-order valence-corrected chi connectivity index (χ0v) is 13.7. The monoisotopic (exact) mass is 399 g/mol. The first-order valence-corrected chi connectivity index (χ1v) is 8.14. The largest absolute Gasteiger partial charge is 0.451 e. The molecule has 11 heteroatoms. The van der Waals surface area contributed by atoms with Crippen LogP contribution in [0.2, 0.25) is 4.34 Å². The van der Waals surface area contributed by atoms with Crippen LogP contribution >= 0.6 is 22.9 Å². The fraction of sp³-hybridized carbons (Fsp3) is 0.357. The summed E-state index contributed by atoms with van der Waals surface area (Å²) in [5, 5.41) is 0. The highest BCUT2D eigenvalue weighted by Crippen LogP contribution is 2.41. The number of halogens is 7. The third-order valence-electron chi connectivity index (χ3n) is 3.41. The molecule has 0 amide bonds. The third kappa shape index (κ3) is 3.79. The molecule has 0 aromatic carbocycles. The van der Waals surface area contributed by atoms with Gasteiger partial charge in [0.2, 0.25) is 5.82 Å². The maximum absolute atomic E-state index is 13.3. The number of aliphatic imine (C=N–C) groups is 1. The Bertz CT molecular complexity index is 840. The molecule has 0 saturated heterocycles. The number of aryl methyl sites for hydroxylation is 1. The summed E-state index contributed by atoms with van der Waals surface area (Å²) < 4.78 is 78.7. The molecular weight excluding hydrogens is 392 g/mol. The van der Waals surface area contributed by atoms with Gasteiger partial charge in [0.25, 0.3) is 0 Å². The number of fused-ring (bicyclic) bond motifs is 1. The van der Waals surface area contributed by atoms with E-state index in [1.807, 2.05) is 0 Å². The summed E-state index contributed by atoms with van der Waals surface area (Å²) in [4.78, 5) is 10.5. The minimum Gasteiger partial charge on any atom is -0.248 e. The van der Waals surface area contributed by atoms with Crippen molar-refractivity contribution in [1.82, 2.24) is 9.97 Å². The summed E-state index contributed by atoms with van der Waals surface area (Å²) in [5.41, 5.74) is -2.36. The number of aromatic nitrogens is 2. The Hall–Kier alpha value is -1.68. The highest BCUT2D eigenvalue weighted by molar-refractivity contribution is 7.18. The lowest BCUT2D eigenvalue weighted by Gasteiger charge is -2.14. The van der Waals surface area contributed by atoms with Crippen molar-refractivity contribution in [2.75, 3.05) is 0 Å². The van der Waals surface area contributed by atoms with Crippen LogP contribution in [0.3, 0.4) is 0 Å². The van der Waals surface area contributed by atoms with Gasteiger partial charge in [-0.25, -0.2) is 15.0 Å². The van der Waals surface area contributed by atoms with E-state index in [4.69, 9.17) is 11.6 Å². The quantitative estimate of drug-likeness (QED) is 0.578. The standard InChI is InChI=1S/C14H8ClF6N3S/c15-9-5-4-8(25-9)6-2-1-3-7-10(22-6)11(13(16,17)18)24-12(23-7)14(19,20)21/h4-5H,1-3H2. The highest BCUT2D eigenvalue weighted by atomic mass is 35.5.